The van der Waals surface area contributed by atoms with Gasteiger partial charge >= 0.3 is 0 Å². The predicted molar refractivity (Wildman–Crippen MR) is 90.4 cm³/mol. The lowest BCUT2D eigenvalue weighted by Crippen LogP contribution is -2.38. The van der Waals surface area contributed by atoms with Gasteiger partial charge in [0.05, 0.1) is 5.69 Å². The van der Waals surface area contributed by atoms with Gasteiger partial charge in [0.15, 0.2) is 5.82 Å². The van der Waals surface area contributed by atoms with E-state index in [0.29, 0.717) is 18.6 Å². The third-order valence-corrected chi connectivity index (χ3v) is 5.04. The smallest absolute Gasteiger partial charge is 0.151 e. The molecule has 5 nitrogen and oxygen atoms in total. The van der Waals surface area contributed by atoms with Crippen LogP contribution >= 0.6 is 0 Å². The first-order valence-corrected chi connectivity index (χ1v) is 8.52. The van der Waals surface area contributed by atoms with Crippen molar-refractivity contribution >= 4 is 11.5 Å². The van der Waals surface area contributed by atoms with Gasteiger partial charge in [-0.25, -0.2) is 4.98 Å². The van der Waals surface area contributed by atoms with Gasteiger partial charge in [0, 0.05) is 31.9 Å². The first-order chi connectivity index (χ1) is 10.8. The third kappa shape index (κ3) is 3.70. The van der Waals surface area contributed by atoms with Crippen molar-refractivity contribution in [1.29, 1.82) is 0 Å². The summed E-state index contributed by atoms with van der Waals surface area (Å²) < 4.78 is 0. The normalized spacial score (nSPS) is 22.0. The van der Waals surface area contributed by atoms with Gasteiger partial charge in [0.1, 0.15) is 0 Å². The highest BCUT2D eigenvalue weighted by atomic mass is 16.3. The fourth-order valence-corrected chi connectivity index (χ4v) is 3.46. The average Bonchev–Trinajstić information content (AvgIpc) is 2.58. The van der Waals surface area contributed by atoms with E-state index in [0.717, 1.165) is 44.8 Å². The summed E-state index contributed by atoms with van der Waals surface area (Å²) in [5, 5.41) is 13.0. The molecule has 22 heavy (non-hydrogen) atoms. The maximum atomic E-state index is 9.29. The molecule has 2 N–H and O–H groups in total. The highest BCUT2D eigenvalue weighted by Crippen LogP contribution is 2.29. The molecule has 0 saturated carbocycles. The summed E-state index contributed by atoms with van der Waals surface area (Å²) in [5.74, 6) is 1.54. The molecule has 0 spiro atoms. The van der Waals surface area contributed by atoms with E-state index in [4.69, 9.17) is 0 Å². The van der Waals surface area contributed by atoms with Crippen LogP contribution in [0.15, 0.2) is 18.3 Å². The molecule has 3 rings (SSSR count). The number of anilines is 2. The molecular weight excluding hydrogens is 276 g/mol. The molecule has 2 aliphatic rings. The molecular formula is C17H28N4O. The number of nitrogens with one attached hydrogen (secondary N) is 1. The SMILES string of the molecule is CN1CCC(Nc2cccnc2N2CCC(CO)CC2)CC1. The van der Waals surface area contributed by atoms with E-state index in [1.165, 1.54) is 18.5 Å². The highest BCUT2D eigenvalue weighted by Gasteiger charge is 2.23. The van der Waals surface area contributed by atoms with Crippen LogP contribution in [-0.2, 0) is 0 Å². The van der Waals surface area contributed by atoms with Gasteiger partial charge in [-0.1, -0.05) is 0 Å². The van der Waals surface area contributed by atoms with Crippen LogP contribution in [0.2, 0.25) is 0 Å². The van der Waals surface area contributed by atoms with Gasteiger partial charge in [-0.3, -0.25) is 0 Å². The highest BCUT2D eigenvalue weighted by molar-refractivity contribution is 5.66. The lowest BCUT2D eigenvalue weighted by atomic mass is 9.98. The zero-order valence-corrected chi connectivity index (χ0v) is 13.5. The Labute approximate surface area is 133 Å². The molecule has 2 aliphatic heterocycles. The molecule has 1 aromatic heterocycles. The van der Waals surface area contributed by atoms with Crippen LogP contribution in [0.1, 0.15) is 25.7 Å². The van der Waals surface area contributed by atoms with Crippen molar-refractivity contribution in [1.82, 2.24) is 9.88 Å². The predicted octanol–water partition coefficient (Wildman–Crippen LogP) is 1.80. The van der Waals surface area contributed by atoms with Crippen molar-refractivity contribution < 1.29 is 5.11 Å². The summed E-state index contributed by atoms with van der Waals surface area (Å²) >= 11 is 0. The number of pyridine rings is 1. The summed E-state index contributed by atoms with van der Waals surface area (Å²) in [6.45, 7) is 4.62. The van der Waals surface area contributed by atoms with Crippen molar-refractivity contribution in [3.8, 4) is 0 Å². The van der Waals surface area contributed by atoms with Gasteiger partial charge in [0.25, 0.3) is 0 Å². The molecule has 3 heterocycles. The zero-order valence-electron chi connectivity index (χ0n) is 13.5. The van der Waals surface area contributed by atoms with Crippen LogP contribution in [0.4, 0.5) is 11.5 Å². The van der Waals surface area contributed by atoms with E-state index in [2.05, 4.69) is 33.2 Å². The second kappa shape index (κ2) is 7.29. The standard InChI is InChI=1S/C17H28N4O/c1-20-9-6-15(7-10-20)19-16-3-2-8-18-17(16)21-11-4-14(13-22)5-12-21/h2-3,8,14-15,19,22H,4-7,9-13H2,1H3. The van der Waals surface area contributed by atoms with Crippen LogP contribution in [0.5, 0.6) is 0 Å². The molecule has 2 saturated heterocycles. The van der Waals surface area contributed by atoms with Gasteiger partial charge < -0.3 is 20.2 Å². The number of rotatable bonds is 4. The van der Waals surface area contributed by atoms with Gasteiger partial charge in [-0.05, 0) is 63.9 Å². The Hall–Kier alpha value is -1.33. The van der Waals surface area contributed by atoms with E-state index in [1.807, 2.05) is 12.3 Å². The van der Waals surface area contributed by atoms with Crippen LogP contribution in [0.3, 0.4) is 0 Å². The van der Waals surface area contributed by atoms with E-state index in [9.17, 15) is 5.11 Å². The Balaban J connectivity index is 1.65. The van der Waals surface area contributed by atoms with Gasteiger partial charge in [-0.15, -0.1) is 0 Å². The minimum absolute atomic E-state index is 0.316. The van der Waals surface area contributed by atoms with Crippen LogP contribution in [-0.4, -0.2) is 60.9 Å². The van der Waals surface area contributed by atoms with Crippen LogP contribution < -0.4 is 10.2 Å². The number of hydrogen-bond acceptors (Lipinski definition) is 5. The zero-order chi connectivity index (χ0) is 15.4. The van der Waals surface area contributed by atoms with Crippen molar-refractivity contribution in [3.63, 3.8) is 0 Å². The second-order valence-corrected chi connectivity index (χ2v) is 6.71. The van der Waals surface area contributed by atoms with Crippen LogP contribution in [0, 0.1) is 5.92 Å². The summed E-state index contributed by atoms with van der Waals surface area (Å²) in [4.78, 5) is 9.38. The Morgan fingerprint density at radius 1 is 1.18 bits per heavy atom. The van der Waals surface area contributed by atoms with Crippen molar-refractivity contribution in [2.75, 3.05) is 50.1 Å². The van der Waals surface area contributed by atoms with Gasteiger partial charge in [0.2, 0.25) is 0 Å². The first-order valence-electron chi connectivity index (χ1n) is 8.52. The van der Waals surface area contributed by atoms with E-state index in [1.54, 1.807) is 0 Å². The number of nitrogens with zero attached hydrogens (tertiary/aromatic N) is 3. The minimum atomic E-state index is 0.316. The summed E-state index contributed by atoms with van der Waals surface area (Å²) in [6.07, 6.45) is 6.38. The summed E-state index contributed by atoms with van der Waals surface area (Å²) in [6, 6.07) is 4.72. The Bertz CT molecular complexity index is 465. The Morgan fingerprint density at radius 3 is 2.59 bits per heavy atom. The minimum Gasteiger partial charge on any atom is -0.396 e. The number of aliphatic hydroxyl groups is 1. The third-order valence-electron chi connectivity index (χ3n) is 5.04. The molecule has 2 fully saturated rings. The lowest BCUT2D eigenvalue weighted by molar-refractivity contribution is 0.203. The van der Waals surface area contributed by atoms with Crippen molar-refractivity contribution in [2.24, 2.45) is 5.92 Å². The van der Waals surface area contributed by atoms with Crippen LogP contribution in [0.25, 0.3) is 0 Å². The number of hydrogen-bond donors (Lipinski definition) is 2. The quantitative estimate of drug-likeness (QED) is 0.888. The Morgan fingerprint density at radius 2 is 1.91 bits per heavy atom. The monoisotopic (exact) mass is 304 g/mol. The maximum absolute atomic E-state index is 9.29. The van der Waals surface area contributed by atoms with Crippen molar-refractivity contribution in [2.45, 2.75) is 31.7 Å². The molecule has 0 amide bonds. The Kier molecular flexibility index (Phi) is 5.16. The molecule has 0 atom stereocenters. The maximum Gasteiger partial charge on any atom is 0.151 e. The molecule has 1 aromatic rings. The molecule has 0 aliphatic carbocycles. The number of aromatic nitrogens is 1. The first kappa shape index (κ1) is 15.6. The molecule has 0 aromatic carbocycles. The average molecular weight is 304 g/mol. The number of likely N-dealkylation sites (tertiary alicyclic amines) is 1. The van der Waals surface area contributed by atoms with Crippen molar-refractivity contribution in [3.05, 3.63) is 18.3 Å². The molecule has 5 heteroatoms. The molecule has 0 bridgehead atoms. The van der Waals surface area contributed by atoms with E-state index < -0.39 is 0 Å². The fraction of sp³-hybridized carbons (Fsp3) is 0.706. The molecule has 0 radical (unpaired) electrons. The van der Waals surface area contributed by atoms with E-state index >= 15 is 0 Å². The second-order valence-electron chi connectivity index (χ2n) is 6.71. The largest absolute Gasteiger partial charge is 0.396 e. The summed E-state index contributed by atoms with van der Waals surface area (Å²) in [5.41, 5.74) is 1.17. The number of piperidine rings is 2. The molecule has 122 valence electrons. The summed E-state index contributed by atoms with van der Waals surface area (Å²) in [7, 11) is 2.19. The molecule has 0 unspecified atom stereocenters. The van der Waals surface area contributed by atoms with Gasteiger partial charge in [-0.2, -0.15) is 0 Å². The fourth-order valence-electron chi connectivity index (χ4n) is 3.46. The topological polar surface area (TPSA) is 51.6 Å². The van der Waals surface area contributed by atoms with E-state index in [-0.39, 0.29) is 0 Å². The lowest BCUT2D eigenvalue weighted by Gasteiger charge is -2.35. The number of aliphatic hydroxyl groups excluding tert-OH is 1.